The van der Waals surface area contributed by atoms with Gasteiger partial charge in [0, 0.05) is 5.56 Å². The monoisotopic (exact) mass is 392 g/mol. The van der Waals surface area contributed by atoms with E-state index in [9.17, 15) is 9.90 Å². The van der Waals surface area contributed by atoms with E-state index < -0.39 is 12.1 Å². The van der Waals surface area contributed by atoms with Crippen molar-refractivity contribution in [1.82, 2.24) is 0 Å². The molecule has 3 aliphatic rings. The molecule has 1 N–H and O–H groups in total. The zero-order chi connectivity index (χ0) is 20.1. The normalized spacial score (nSPS) is 19.4. The van der Waals surface area contributed by atoms with E-state index >= 15 is 0 Å². The standard InChI is InChI=1S/C25H28O4/c1-14-12-15(2)22(24(25(26)27)29-19-8-9-19)23(21(14)16-5-6-16)18-7-10-20-17(13-18)4-3-11-28-20/h7,10,12-13,16,19,24H,3-6,8-9,11H2,1-2H3,(H,26,27). The third-order valence-corrected chi connectivity index (χ3v) is 6.34. The molecule has 4 heteroatoms. The van der Waals surface area contributed by atoms with E-state index in [0.29, 0.717) is 5.92 Å². The molecule has 5 rings (SSSR count). The zero-order valence-corrected chi connectivity index (χ0v) is 17.2. The molecule has 2 fully saturated rings. The van der Waals surface area contributed by atoms with E-state index in [1.165, 1.54) is 29.5 Å². The molecular formula is C25H28O4. The van der Waals surface area contributed by atoms with Crippen LogP contribution in [0.4, 0.5) is 0 Å². The Bertz CT molecular complexity index is 969. The van der Waals surface area contributed by atoms with Crippen molar-refractivity contribution in [3.8, 4) is 16.9 Å². The van der Waals surface area contributed by atoms with E-state index in [2.05, 4.69) is 31.2 Å². The number of hydrogen-bond donors (Lipinski definition) is 1. The average Bonchev–Trinajstić information content (AvgIpc) is 3.60. The minimum absolute atomic E-state index is 0.0750. The summed E-state index contributed by atoms with van der Waals surface area (Å²) in [5.41, 5.74) is 7.82. The quantitative estimate of drug-likeness (QED) is 0.707. The van der Waals surface area contributed by atoms with Crippen LogP contribution in [0.25, 0.3) is 11.1 Å². The number of carboxylic acid groups (broad SMARTS) is 1. The van der Waals surface area contributed by atoms with E-state index in [4.69, 9.17) is 9.47 Å². The molecule has 0 radical (unpaired) electrons. The summed E-state index contributed by atoms with van der Waals surface area (Å²) in [6, 6.07) is 8.53. The number of ether oxygens (including phenoxy) is 2. The van der Waals surface area contributed by atoms with Crippen LogP contribution in [-0.2, 0) is 16.0 Å². The average molecular weight is 392 g/mol. The molecule has 0 aromatic heterocycles. The van der Waals surface area contributed by atoms with Crippen LogP contribution in [0.5, 0.6) is 5.75 Å². The van der Waals surface area contributed by atoms with Crippen LogP contribution in [0.2, 0.25) is 0 Å². The van der Waals surface area contributed by atoms with Crippen LogP contribution >= 0.6 is 0 Å². The van der Waals surface area contributed by atoms with Gasteiger partial charge in [-0.25, -0.2) is 4.79 Å². The number of hydrogen-bond acceptors (Lipinski definition) is 3. The maximum absolute atomic E-state index is 12.3. The van der Waals surface area contributed by atoms with Gasteiger partial charge in [-0.15, -0.1) is 0 Å². The summed E-state index contributed by atoms with van der Waals surface area (Å²) in [5.74, 6) is 0.586. The summed E-state index contributed by atoms with van der Waals surface area (Å²) in [6.07, 6.45) is 5.44. The number of aryl methyl sites for hydroxylation is 3. The molecule has 0 saturated heterocycles. The van der Waals surface area contributed by atoms with Crippen molar-refractivity contribution >= 4 is 5.97 Å². The fourth-order valence-corrected chi connectivity index (χ4v) is 4.73. The predicted molar refractivity (Wildman–Crippen MR) is 112 cm³/mol. The summed E-state index contributed by atoms with van der Waals surface area (Å²) in [4.78, 5) is 12.3. The highest BCUT2D eigenvalue weighted by molar-refractivity contribution is 5.84. The molecule has 1 heterocycles. The molecule has 4 nitrogen and oxygen atoms in total. The SMILES string of the molecule is Cc1cc(C)c(C(OC2CC2)C(=O)O)c(-c2ccc3c(c2)CCCO3)c1C1CC1. The highest BCUT2D eigenvalue weighted by atomic mass is 16.5. The first-order chi connectivity index (χ1) is 14.0. The van der Waals surface area contributed by atoms with Gasteiger partial charge in [0.15, 0.2) is 6.10 Å². The van der Waals surface area contributed by atoms with E-state index in [1.54, 1.807) is 0 Å². The molecule has 2 aromatic rings. The van der Waals surface area contributed by atoms with Crippen molar-refractivity contribution in [2.45, 2.75) is 70.5 Å². The third-order valence-electron chi connectivity index (χ3n) is 6.34. The first-order valence-electron chi connectivity index (χ1n) is 10.8. The Balaban J connectivity index is 1.72. The second-order valence-corrected chi connectivity index (χ2v) is 8.82. The second-order valence-electron chi connectivity index (χ2n) is 8.82. The Morgan fingerprint density at radius 2 is 1.93 bits per heavy atom. The first-order valence-corrected chi connectivity index (χ1v) is 10.8. The molecule has 0 bridgehead atoms. The molecule has 2 aromatic carbocycles. The van der Waals surface area contributed by atoms with Crippen LogP contribution in [0.3, 0.4) is 0 Å². The Labute approximate surface area is 171 Å². The molecule has 1 unspecified atom stereocenters. The van der Waals surface area contributed by atoms with E-state index in [-0.39, 0.29) is 6.10 Å². The molecule has 29 heavy (non-hydrogen) atoms. The van der Waals surface area contributed by atoms with Gasteiger partial charge in [-0.05, 0) is 104 Å². The minimum atomic E-state index is -0.914. The van der Waals surface area contributed by atoms with Crippen LogP contribution < -0.4 is 4.74 Å². The van der Waals surface area contributed by atoms with E-state index in [1.807, 2.05) is 6.92 Å². The number of benzene rings is 2. The summed E-state index contributed by atoms with van der Waals surface area (Å²) < 4.78 is 11.8. The highest BCUT2D eigenvalue weighted by Crippen LogP contribution is 2.50. The number of carboxylic acids is 1. The topological polar surface area (TPSA) is 55.8 Å². The lowest BCUT2D eigenvalue weighted by Gasteiger charge is -2.26. The summed E-state index contributed by atoms with van der Waals surface area (Å²) >= 11 is 0. The van der Waals surface area contributed by atoms with Crippen molar-refractivity contribution in [3.63, 3.8) is 0 Å². The van der Waals surface area contributed by atoms with Crippen molar-refractivity contribution in [2.24, 2.45) is 0 Å². The van der Waals surface area contributed by atoms with Gasteiger partial charge >= 0.3 is 5.97 Å². The van der Waals surface area contributed by atoms with Crippen molar-refractivity contribution in [1.29, 1.82) is 0 Å². The maximum Gasteiger partial charge on any atom is 0.337 e. The first kappa shape index (κ1) is 18.7. The molecule has 152 valence electrons. The van der Waals surface area contributed by atoms with Crippen LogP contribution in [-0.4, -0.2) is 23.8 Å². The van der Waals surface area contributed by atoms with Crippen molar-refractivity contribution in [3.05, 3.63) is 52.1 Å². The van der Waals surface area contributed by atoms with Gasteiger partial charge in [0.25, 0.3) is 0 Å². The Hall–Kier alpha value is -2.33. The lowest BCUT2D eigenvalue weighted by atomic mass is 9.83. The third kappa shape index (κ3) is 3.55. The van der Waals surface area contributed by atoms with Crippen LogP contribution in [0.1, 0.15) is 71.9 Å². The highest BCUT2D eigenvalue weighted by Gasteiger charge is 2.37. The fourth-order valence-electron chi connectivity index (χ4n) is 4.73. The van der Waals surface area contributed by atoms with Gasteiger partial charge in [-0.3, -0.25) is 0 Å². The van der Waals surface area contributed by atoms with Gasteiger partial charge in [-0.1, -0.05) is 12.1 Å². The second kappa shape index (κ2) is 7.17. The predicted octanol–water partition coefficient (Wildman–Crippen LogP) is 5.48. The molecule has 0 spiro atoms. The van der Waals surface area contributed by atoms with Gasteiger partial charge < -0.3 is 14.6 Å². The zero-order valence-electron chi connectivity index (χ0n) is 17.2. The van der Waals surface area contributed by atoms with Gasteiger partial charge in [-0.2, -0.15) is 0 Å². The Morgan fingerprint density at radius 3 is 2.62 bits per heavy atom. The molecule has 0 amide bonds. The molecule has 1 aliphatic heterocycles. The van der Waals surface area contributed by atoms with Gasteiger partial charge in [0.05, 0.1) is 12.7 Å². The Morgan fingerprint density at radius 1 is 1.14 bits per heavy atom. The number of rotatable bonds is 6. The molecule has 2 aliphatic carbocycles. The number of aliphatic carboxylic acids is 1. The van der Waals surface area contributed by atoms with E-state index in [0.717, 1.165) is 60.3 Å². The molecule has 2 saturated carbocycles. The van der Waals surface area contributed by atoms with Crippen molar-refractivity contribution in [2.75, 3.05) is 6.61 Å². The number of fused-ring (bicyclic) bond motifs is 1. The minimum Gasteiger partial charge on any atom is -0.493 e. The number of carbonyl (C=O) groups is 1. The largest absolute Gasteiger partial charge is 0.493 e. The lowest BCUT2D eigenvalue weighted by Crippen LogP contribution is -2.20. The van der Waals surface area contributed by atoms with Crippen LogP contribution in [0, 0.1) is 13.8 Å². The molecular weight excluding hydrogens is 364 g/mol. The fraction of sp³-hybridized carbons (Fsp3) is 0.480. The van der Waals surface area contributed by atoms with Crippen LogP contribution in [0.15, 0.2) is 24.3 Å². The lowest BCUT2D eigenvalue weighted by molar-refractivity contribution is -0.151. The smallest absolute Gasteiger partial charge is 0.337 e. The van der Waals surface area contributed by atoms with Crippen molar-refractivity contribution < 1.29 is 19.4 Å². The van der Waals surface area contributed by atoms with Gasteiger partial charge in [0.1, 0.15) is 5.75 Å². The summed E-state index contributed by atoms with van der Waals surface area (Å²) in [5, 5.41) is 10.1. The maximum atomic E-state index is 12.3. The Kier molecular flexibility index (Phi) is 4.62. The summed E-state index contributed by atoms with van der Waals surface area (Å²) in [7, 11) is 0. The molecule has 1 atom stereocenters. The van der Waals surface area contributed by atoms with Gasteiger partial charge in [0.2, 0.25) is 0 Å². The summed E-state index contributed by atoms with van der Waals surface area (Å²) in [6.45, 7) is 4.95.